The third-order valence-electron chi connectivity index (χ3n) is 8.06. The quantitative estimate of drug-likeness (QED) is 0.105. The number of ether oxygens (including phenoxy) is 1. The molecule has 0 aliphatic carbocycles. The van der Waals surface area contributed by atoms with Crippen LogP contribution in [0.5, 0.6) is 11.5 Å². The number of hydrogen-bond donors (Lipinski definition) is 1. The van der Waals surface area contributed by atoms with Crippen molar-refractivity contribution in [3.05, 3.63) is 156 Å². The lowest BCUT2D eigenvalue weighted by Gasteiger charge is -2.34. The van der Waals surface area contributed by atoms with E-state index < -0.39 is 28.5 Å². The summed E-state index contributed by atoms with van der Waals surface area (Å²) in [6.45, 7) is 1.95. The number of amides is 2. The Hall–Kier alpha value is -5.12. The standard InChI is InChI=1S/C40H40ClN3O5S/c1-2-3-26-42-40(46)38(28-31-14-7-4-8-15-31)43(29-32-16-13-17-33(41)27-32)39(45)30-44(50(47,48)37-20-11-6-12-21-37)34-22-24-36(25-23-34)49-35-18-9-5-10-19-35/h4-25,27,38H,2-3,26,28-30H2,1H3,(H,42,46)/t38-/m1/s1. The first kappa shape index (κ1) is 36.2. The van der Waals surface area contributed by atoms with E-state index in [-0.39, 0.29) is 29.5 Å². The average Bonchev–Trinajstić information content (AvgIpc) is 3.13. The van der Waals surface area contributed by atoms with Crippen LogP contribution in [0.4, 0.5) is 5.69 Å². The number of unbranched alkanes of at least 4 members (excludes halogenated alkanes) is 1. The Labute approximate surface area is 299 Å². The second-order valence-corrected chi connectivity index (χ2v) is 14.0. The van der Waals surface area contributed by atoms with E-state index in [0.29, 0.717) is 28.6 Å². The van der Waals surface area contributed by atoms with Gasteiger partial charge in [-0.2, -0.15) is 0 Å². The van der Waals surface area contributed by atoms with Crippen molar-refractivity contribution < 1.29 is 22.7 Å². The molecule has 0 spiro atoms. The lowest BCUT2D eigenvalue weighted by molar-refractivity contribution is -0.140. The second-order valence-electron chi connectivity index (χ2n) is 11.7. The van der Waals surface area contributed by atoms with Gasteiger partial charge in [0, 0.05) is 24.5 Å². The van der Waals surface area contributed by atoms with Crippen LogP contribution in [-0.2, 0) is 32.6 Å². The molecular weight excluding hydrogens is 670 g/mol. The van der Waals surface area contributed by atoms with Crippen molar-refractivity contribution >= 4 is 39.1 Å². The molecule has 0 aromatic heterocycles. The first-order valence-corrected chi connectivity index (χ1v) is 18.3. The Morgan fingerprint density at radius 1 is 0.760 bits per heavy atom. The molecule has 0 saturated heterocycles. The summed E-state index contributed by atoms with van der Waals surface area (Å²) < 4.78 is 35.5. The van der Waals surface area contributed by atoms with E-state index in [2.05, 4.69) is 5.32 Å². The topological polar surface area (TPSA) is 96.0 Å². The molecule has 10 heteroatoms. The van der Waals surface area contributed by atoms with Gasteiger partial charge in [-0.05, 0) is 78.2 Å². The zero-order valence-electron chi connectivity index (χ0n) is 27.8. The van der Waals surface area contributed by atoms with Crippen LogP contribution in [0.2, 0.25) is 5.02 Å². The molecule has 5 aromatic rings. The number of sulfonamides is 1. The van der Waals surface area contributed by atoms with E-state index in [0.717, 1.165) is 22.7 Å². The van der Waals surface area contributed by atoms with Crippen LogP contribution >= 0.6 is 11.6 Å². The van der Waals surface area contributed by atoms with E-state index in [4.69, 9.17) is 16.3 Å². The highest BCUT2D eigenvalue weighted by molar-refractivity contribution is 7.92. The van der Waals surface area contributed by atoms with Gasteiger partial charge in [0.05, 0.1) is 10.6 Å². The van der Waals surface area contributed by atoms with Gasteiger partial charge in [-0.1, -0.05) is 104 Å². The number of carbonyl (C=O) groups excluding carboxylic acids is 2. The van der Waals surface area contributed by atoms with Gasteiger partial charge in [-0.3, -0.25) is 13.9 Å². The monoisotopic (exact) mass is 709 g/mol. The molecule has 50 heavy (non-hydrogen) atoms. The minimum atomic E-state index is -4.23. The molecule has 1 N–H and O–H groups in total. The summed E-state index contributed by atoms with van der Waals surface area (Å²) in [5.41, 5.74) is 1.82. The number of carbonyl (C=O) groups is 2. The maximum absolute atomic E-state index is 14.7. The maximum atomic E-state index is 14.7. The molecule has 0 heterocycles. The van der Waals surface area contributed by atoms with Crippen LogP contribution in [0.3, 0.4) is 0 Å². The largest absolute Gasteiger partial charge is 0.457 e. The zero-order valence-corrected chi connectivity index (χ0v) is 29.4. The Morgan fingerprint density at radius 2 is 1.36 bits per heavy atom. The molecule has 258 valence electrons. The third kappa shape index (κ3) is 9.74. The van der Waals surface area contributed by atoms with Gasteiger partial charge in [-0.25, -0.2) is 8.42 Å². The Balaban J connectivity index is 1.54. The fraction of sp³-hybridized carbons (Fsp3) is 0.200. The van der Waals surface area contributed by atoms with Gasteiger partial charge in [0.15, 0.2) is 0 Å². The summed E-state index contributed by atoms with van der Waals surface area (Å²) in [7, 11) is -4.23. The van der Waals surface area contributed by atoms with E-state index in [1.807, 2.05) is 73.7 Å². The van der Waals surface area contributed by atoms with E-state index >= 15 is 0 Å². The zero-order chi connectivity index (χ0) is 35.3. The molecule has 0 unspecified atom stereocenters. The molecule has 5 aromatic carbocycles. The number of rotatable bonds is 16. The molecule has 0 aliphatic heterocycles. The molecule has 0 bridgehead atoms. The lowest BCUT2D eigenvalue weighted by Crippen LogP contribution is -2.53. The summed E-state index contributed by atoms with van der Waals surface area (Å²) >= 11 is 6.34. The van der Waals surface area contributed by atoms with Gasteiger partial charge in [0.1, 0.15) is 24.1 Å². The Bertz CT molecular complexity index is 1940. The summed E-state index contributed by atoms with van der Waals surface area (Å²) in [6.07, 6.45) is 1.89. The van der Waals surface area contributed by atoms with Crippen molar-refractivity contribution in [1.29, 1.82) is 0 Å². The Morgan fingerprint density at radius 3 is 2.00 bits per heavy atom. The highest BCUT2D eigenvalue weighted by atomic mass is 35.5. The van der Waals surface area contributed by atoms with Crippen molar-refractivity contribution in [3.8, 4) is 11.5 Å². The van der Waals surface area contributed by atoms with Crippen molar-refractivity contribution in [2.24, 2.45) is 0 Å². The molecule has 0 aliphatic rings. The molecular formula is C40H40ClN3O5S. The normalized spacial score (nSPS) is 11.7. The average molecular weight is 710 g/mol. The minimum absolute atomic E-state index is 0.0250. The van der Waals surface area contributed by atoms with Crippen LogP contribution < -0.4 is 14.4 Å². The first-order valence-electron chi connectivity index (χ1n) is 16.5. The maximum Gasteiger partial charge on any atom is 0.264 e. The smallest absolute Gasteiger partial charge is 0.264 e. The van der Waals surface area contributed by atoms with Crippen molar-refractivity contribution in [2.75, 3.05) is 17.4 Å². The number of anilines is 1. The summed E-state index contributed by atoms with van der Waals surface area (Å²) in [5, 5.41) is 3.48. The van der Waals surface area contributed by atoms with Crippen molar-refractivity contribution in [1.82, 2.24) is 10.2 Å². The van der Waals surface area contributed by atoms with Crippen LogP contribution in [0.1, 0.15) is 30.9 Å². The predicted molar refractivity (Wildman–Crippen MR) is 198 cm³/mol. The van der Waals surface area contributed by atoms with Gasteiger partial charge < -0.3 is 15.0 Å². The third-order valence-corrected chi connectivity index (χ3v) is 10.1. The van der Waals surface area contributed by atoms with Crippen molar-refractivity contribution in [2.45, 2.75) is 43.7 Å². The summed E-state index contributed by atoms with van der Waals surface area (Å²) in [5.74, 6) is 0.248. The van der Waals surface area contributed by atoms with E-state index in [1.54, 1.807) is 60.7 Å². The van der Waals surface area contributed by atoms with Crippen molar-refractivity contribution in [3.63, 3.8) is 0 Å². The minimum Gasteiger partial charge on any atom is -0.457 e. The molecule has 0 radical (unpaired) electrons. The predicted octanol–water partition coefficient (Wildman–Crippen LogP) is 7.88. The van der Waals surface area contributed by atoms with Crippen LogP contribution in [-0.4, -0.2) is 44.3 Å². The summed E-state index contributed by atoms with van der Waals surface area (Å²) in [4.78, 5) is 30.0. The first-order chi connectivity index (χ1) is 24.2. The molecule has 1 atom stereocenters. The number of nitrogens with one attached hydrogen (secondary N) is 1. The fourth-order valence-corrected chi connectivity index (χ4v) is 7.09. The van der Waals surface area contributed by atoms with Gasteiger partial charge in [0.2, 0.25) is 11.8 Å². The van der Waals surface area contributed by atoms with Crippen LogP contribution in [0, 0.1) is 0 Å². The highest BCUT2D eigenvalue weighted by Gasteiger charge is 2.34. The molecule has 8 nitrogen and oxygen atoms in total. The van der Waals surface area contributed by atoms with Gasteiger partial charge >= 0.3 is 0 Å². The van der Waals surface area contributed by atoms with E-state index in [9.17, 15) is 18.0 Å². The number of nitrogens with zero attached hydrogens (tertiary/aromatic N) is 2. The lowest BCUT2D eigenvalue weighted by atomic mass is 10.0. The van der Waals surface area contributed by atoms with E-state index in [1.165, 1.54) is 17.0 Å². The number of halogens is 1. The highest BCUT2D eigenvalue weighted by Crippen LogP contribution is 2.29. The molecule has 0 fully saturated rings. The fourth-order valence-electron chi connectivity index (χ4n) is 5.45. The number of para-hydroxylation sites is 1. The van der Waals surface area contributed by atoms with Gasteiger partial charge in [-0.15, -0.1) is 0 Å². The van der Waals surface area contributed by atoms with Crippen LogP contribution in [0.15, 0.2) is 144 Å². The summed E-state index contributed by atoms with van der Waals surface area (Å²) in [6, 6.07) is 39.3. The second kappa shape index (κ2) is 17.5. The van der Waals surface area contributed by atoms with Gasteiger partial charge in [0.25, 0.3) is 10.0 Å². The molecule has 2 amide bonds. The SMILES string of the molecule is CCCCNC(=O)[C@@H](Cc1ccccc1)N(Cc1cccc(Cl)c1)C(=O)CN(c1ccc(Oc2ccccc2)cc1)S(=O)(=O)c1ccccc1. The van der Waals surface area contributed by atoms with Crippen LogP contribution in [0.25, 0.3) is 0 Å². The molecule has 5 rings (SSSR count). The Kier molecular flexibility index (Phi) is 12.7. The number of hydrogen-bond acceptors (Lipinski definition) is 5. The number of benzene rings is 5. The molecule has 0 saturated carbocycles.